The number of likely N-dealkylation sites (N-methyl/N-ethyl adjacent to an activating group) is 1. The third kappa shape index (κ3) is 5.17. The molecule has 106 valence electrons. The lowest BCUT2D eigenvalue weighted by Gasteiger charge is -2.19. The number of halogens is 3. The first-order valence-corrected chi connectivity index (χ1v) is 5.48. The Morgan fingerprint density at radius 3 is 2.32 bits per heavy atom. The van der Waals surface area contributed by atoms with Gasteiger partial charge in [0.05, 0.1) is 6.10 Å². The number of nitrogens with zero attached hydrogens (tertiary/aromatic N) is 1. The van der Waals surface area contributed by atoms with Gasteiger partial charge in [-0.05, 0) is 31.2 Å². The van der Waals surface area contributed by atoms with Crippen LogP contribution in [0.15, 0.2) is 24.3 Å². The minimum absolute atomic E-state index is 0.139. The number of alkyl halides is 3. The smallest absolute Gasteiger partial charge is 0.406 e. The highest BCUT2D eigenvalue weighted by molar-refractivity contribution is 5.94. The predicted octanol–water partition coefficient (Wildman–Crippen LogP) is 2.04. The van der Waals surface area contributed by atoms with Crippen molar-refractivity contribution >= 4 is 5.91 Å². The molecule has 1 amide bonds. The molecule has 0 fully saturated rings. The van der Waals surface area contributed by atoms with Crippen LogP contribution in [0, 0.1) is 0 Å². The first-order chi connectivity index (χ1) is 8.69. The second-order valence-electron chi connectivity index (χ2n) is 4.11. The van der Waals surface area contributed by atoms with Crippen molar-refractivity contribution in [2.24, 2.45) is 0 Å². The molecule has 4 nitrogen and oxygen atoms in total. The van der Waals surface area contributed by atoms with Gasteiger partial charge in [-0.3, -0.25) is 4.79 Å². The van der Waals surface area contributed by atoms with E-state index in [1.807, 2.05) is 0 Å². The molecule has 1 aromatic rings. The molecule has 19 heavy (non-hydrogen) atoms. The third-order valence-electron chi connectivity index (χ3n) is 2.22. The summed E-state index contributed by atoms with van der Waals surface area (Å²) in [4.78, 5) is 13.1. The second-order valence-corrected chi connectivity index (χ2v) is 4.11. The van der Waals surface area contributed by atoms with Crippen LogP contribution in [-0.4, -0.2) is 42.0 Å². The molecular weight excluding hydrogens is 263 g/mol. The molecule has 1 aromatic carbocycles. The highest BCUT2D eigenvalue weighted by Gasteiger charge is 2.31. The Balaban J connectivity index is 2.73. The summed E-state index contributed by atoms with van der Waals surface area (Å²) >= 11 is 0. The molecule has 0 saturated heterocycles. The van der Waals surface area contributed by atoms with Gasteiger partial charge in [-0.25, -0.2) is 0 Å². The summed E-state index contributed by atoms with van der Waals surface area (Å²) in [6.45, 7) is 1.67. The Hall–Kier alpha value is -1.76. The standard InChI is InChI=1S/C12H14F3NO3/c1-8(17)7-16(2)11(18)9-3-5-10(6-4-9)19-12(13,14)15/h3-6,8,17H,7H2,1-2H3. The number of aliphatic hydroxyl groups is 1. The average Bonchev–Trinajstić information content (AvgIpc) is 2.26. The largest absolute Gasteiger partial charge is 0.573 e. The maximum absolute atomic E-state index is 11.9. The van der Waals surface area contributed by atoms with E-state index in [1.54, 1.807) is 0 Å². The fourth-order valence-electron chi connectivity index (χ4n) is 1.50. The molecule has 0 radical (unpaired) electrons. The molecule has 1 atom stereocenters. The molecule has 0 aliphatic rings. The molecule has 0 aliphatic heterocycles. The highest BCUT2D eigenvalue weighted by Crippen LogP contribution is 2.22. The van der Waals surface area contributed by atoms with Gasteiger partial charge in [0.2, 0.25) is 0 Å². The van der Waals surface area contributed by atoms with Gasteiger partial charge >= 0.3 is 6.36 Å². The van der Waals surface area contributed by atoms with Crippen LogP contribution in [0.4, 0.5) is 13.2 Å². The van der Waals surface area contributed by atoms with Crippen molar-refractivity contribution in [2.75, 3.05) is 13.6 Å². The molecule has 1 unspecified atom stereocenters. The Labute approximate surface area is 108 Å². The number of aliphatic hydroxyl groups excluding tert-OH is 1. The van der Waals surface area contributed by atoms with Crippen LogP contribution < -0.4 is 4.74 Å². The number of amides is 1. The molecule has 1 rings (SSSR count). The fraction of sp³-hybridized carbons (Fsp3) is 0.417. The lowest BCUT2D eigenvalue weighted by molar-refractivity contribution is -0.274. The minimum atomic E-state index is -4.76. The quantitative estimate of drug-likeness (QED) is 0.916. The van der Waals surface area contributed by atoms with Gasteiger partial charge < -0.3 is 14.7 Å². The average molecular weight is 277 g/mol. The summed E-state index contributed by atoms with van der Waals surface area (Å²) in [5.41, 5.74) is 0.220. The molecule has 0 aromatic heterocycles. The molecular formula is C12H14F3NO3. The molecule has 7 heteroatoms. The van der Waals surface area contributed by atoms with Crippen molar-refractivity contribution in [1.82, 2.24) is 4.90 Å². The second kappa shape index (κ2) is 5.92. The summed E-state index contributed by atoms with van der Waals surface area (Å²) in [5, 5.41) is 9.15. The summed E-state index contributed by atoms with van der Waals surface area (Å²) < 4.78 is 39.5. The number of ether oxygens (including phenoxy) is 1. The normalized spacial score (nSPS) is 12.9. The molecule has 1 N–H and O–H groups in total. The number of hydrogen-bond donors (Lipinski definition) is 1. The molecule has 0 aliphatic carbocycles. The van der Waals surface area contributed by atoms with Gasteiger partial charge in [-0.15, -0.1) is 13.2 Å². The van der Waals surface area contributed by atoms with Crippen molar-refractivity contribution in [2.45, 2.75) is 19.4 Å². The topological polar surface area (TPSA) is 49.8 Å². The van der Waals surface area contributed by atoms with Gasteiger partial charge in [0.25, 0.3) is 5.91 Å². The van der Waals surface area contributed by atoms with Crippen molar-refractivity contribution in [3.8, 4) is 5.75 Å². The lowest BCUT2D eigenvalue weighted by Crippen LogP contribution is -2.33. The van der Waals surface area contributed by atoms with E-state index in [2.05, 4.69) is 4.74 Å². The van der Waals surface area contributed by atoms with E-state index in [0.29, 0.717) is 0 Å². The molecule has 0 heterocycles. The third-order valence-corrected chi connectivity index (χ3v) is 2.22. The van der Waals surface area contributed by atoms with Crippen molar-refractivity contribution in [3.63, 3.8) is 0 Å². The van der Waals surface area contributed by atoms with E-state index < -0.39 is 12.5 Å². The van der Waals surface area contributed by atoms with Crippen molar-refractivity contribution < 1.29 is 27.8 Å². The Bertz CT molecular complexity index is 429. The first kappa shape index (κ1) is 15.3. The van der Waals surface area contributed by atoms with E-state index in [4.69, 9.17) is 5.11 Å². The maximum atomic E-state index is 11.9. The van der Waals surface area contributed by atoms with Crippen LogP contribution in [0.25, 0.3) is 0 Å². The van der Waals surface area contributed by atoms with E-state index in [1.165, 1.54) is 31.0 Å². The molecule has 0 bridgehead atoms. The molecule has 0 saturated carbocycles. The number of rotatable bonds is 4. The highest BCUT2D eigenvalue weighted by atomic mass is 19.4. The Kier molecular flexibility index (Phi) is 4.77. The Morgan fingerprint density at radius 2 is 1.89 bits per heavy atom. The summed E-state index contributed by atoms with van der Waals surface area (Å²) in [6, 6.07) is 4.61. The SMILES string of the molecule is CC(O)CN(C)C(=O)c1ccc(OC(F)(F)F)cc1. The van der Waals surface area contributed by atoms with Crippen LogP contribution >= 0.6 is 0 Å². The van der Waals surface area contributed by atoms with Crippen molar-refractivity contribution in [3.05, 3.63) is 29.8 Å². The monoisotopic (exact) mass is 277 g/mol. The Morgan fingerprint density at radius 1 is 1.37 bits per heavy atom. The van der Waals surface area contributed by atoms with Crippen LogP contribution in [-0.2, 0) is 0 Å². The summed E-state index contributed by atoms with van der Waals surface area (Å²) in [5.74, 6) is -0.776. The molecule has 0 spiro atoms. The number of hydrogen-bond acceptors (Lipinski definition) is 3. The van der Waals surface area contributed by atoms with Gasteiger partial charge in [-0.1, -0.05) is 0 Å². The zero-order chi connectivity index (χ0) is 14.6. The predicted molar refractivity (Wildman–Crippen MR) is 61.8 cm³/mol. The number of carbonyl (C=O) groups excluding carboxylic acids is 1. The minimum Gasteiger partial charge on any atom is -0.406 e. The van der Waals surface area contributed by atoms with Crippen LogP contribution in [0.2, 0.25) is 0 Å². The van der Waals surface area contributed by atoms with Crippen LogP contribution in [0.3, 0.4) is 0 Å². The number of carbonyl (C=O) groups is 1. The van der Waals surface area contributed by atoms with E-state index in [9.17, 15) is 18.0 Å². The fourth-order valence-corrected chi connectivity index (χ4v) is 1.50. The van der Waals surface area contributed by atoms with Gasteiger partial charge in [0.1, 0.15) is 5.75 Å². The zero-order valence-corrected chi connectivity index (χ0v) is 10.4. The van der Waals surface area contributed by atoms with Gasteiger partial charge in [0, 0.05) is 19.2 Å². The van der Waals surface area contributed by atoms with Gasteiger partial charge in [-0.2, -0.15) is 0 Å². The lowest BCUT2D eigenvalue weighted by atomic mass is 10.2. The van der Waals surface area contributed by atoms with Crippen molar-refractivity contribution in [1.29, 1.82) is 0 Å². The van der Waals surface area contributed by atoms with Gasteiger partial charge in [0.15, 0.2) is 0 Å². The first-order valence-electron chi connectivity index (χ1n) is 5.48. The van der Waals surface area contributed by atoms with E-state index in [0.717, 1.165) is 12.1 Å². The maximum Gasteiger partial charge on any atom is 0.573 e. The summed E-state index contributed by atoms with van der Waals surface area (Å²) in [7, 11) is 1.50. The summed E-state index contributed by atoms with van der Waals surface area (Å²) in [6.07, 6.45) is -5.43. The van der Waals surface area contributed by atoms with E-state index in [-0.39, 0.29) is 23.8 Å². The zero-order valence-electron chi connectivity index (χ0n) is 10.4. The van der Waals surface area contributed by atoms with Crippen LogP contribution in [0.1, 0.15) is 17.3 Å². The number of benzene rings is 1. The van der Waals surface area contributed by atoms with E-state index >= 15 is 0 Å². The van der Waals surface area contributed by atoms with Crippen LogP contribution in [0.5, 0.6) is 5.75 Å².